The van der Waals surface area contributed by atoms with E-state index in [0.717, 1.165) is 21.9 Å². The van der Waals surface area contributed by atoms with Crippen molar-refractivity contribution in [3.8, 4) is 16.2 Å². The van der Waals surface area contributed by atoms with Gasteiger partial charge in [-0.2, -0.15) is 0 Å². The molecule has 7 heteroatoms. The molecule has 0 radical (unpaired) electrons. The van der Waals surface area contributed by atoms with Crippen LogP contribution in [0.4, 0.5) is 10.7 Å². The van der Waals surface area contributed by atoms with E-state index >= 15 is 0 Å². The second-order valence-corrected chi connectivity index (χ2v) is 7.21. The number of rotatable bonds is 6. The average Bonchev–Trinajstić information content (AvgIpc) is 3.12. The molecule has 0 aliphatic carbocycles. The molecule has 0 aliphatic rings. The van der Waals surface area contributed by atoms with Crippen molar-refractivity contribution < 1.29 is 14.3 Å². The summed E-state index contributed by atoms with van der Waals surface area (Å²) in [5.41, 5.74) is 2.27. The van der Waals surface area contributed by atoms with Gasteiger partial charge in [0.15, 0.2) is 5.11 Å². The number of thiocarbonyl (C=S) groups is 1. The summed E-state index contributed by atoms with van der Waals surface area (Å²) < 4.78 is 10.4. The van der Waals surface area contributed by atoms with Gasteiger partial charge in [0.2, 0.25) is 0 Å². The van der Waals surface area contributed by atoms with Gasteiger partial charge < -0.3 is 20.1 Å². The Morgan fingerprint density at radius 1 is 1.07 bits per heavy atom. The summed E-state index contributed by atoms with van der Waals surface area (Å²) in [5.74, 6) is 0.343. The van der Waals surface area contributed by atoms with Crippen LogP contribution in [0.3, 0.4) is 0 Å². The highest BCUT2D eigenvalue weighted by molar-refractivity contribution is 7.80. The fourth-order valence-corrected chi connectivity index (χ4v) is 3.90. The SMILES string of the molecule is CCOC(=O)c1cc(-c2ccccc2)sc1NC(=S)Nc1cccc(OC)c1. The molecule has 0 spiro atoms. The van der Waals surface area contributed by atoms with Crippen LogP contribution >= 0.6 is 23.6 Å². The van der Waals surface area contributed by atoms with Crippen molar-refractivity contribution in [2.24, 2.45) is 0 Å². The summed E-state index contributed by atoms with van der Waals surface area (Å²) in [4.78, 5) is 13.4. The monoisotopic (exact) mass is 412 g/mol. The second kappa shape index (κ2) is 9.34. The highest BCUT2D eigenvalue weighted by Crippen LogP contribution is 2.36. The van der Waals surface area contributed by atoms with Gasteiger partial charge in [0, 0.05) is 16.6 Å². The third kappa shape index (κ3) is 4.88. The molecule has 2 N–H and O–H groups in total. The van der Waals surface area contributed by atoms with Crippen LogP contribution in [0.5, 0.6) is 5.75 Å². The molecular weight excluding hydrogens is 392 g/mol. The van der Waals surface area contributed by atoms with Crippen molar-refractivity contribution in [3.63, 3.8) is 0 Å². The number of carbonyl (C=O) groups excluding carboxylic acids is 1. The second-order valence-electron chi connectivity index (χ2n) is 5.75. The van der Waals surface area contributed by atoms with E-state index in [1.165, 1.54) is 11.3 Å². The minimum Gasteiger partial charge on any atom is -0.497 e. The lowest BCUT2D eigenvalue weighted by Crippen LogP contribution is -2.20. The molecular formula is C21H20N2O3S2. The van der Waals surface area contributed by atoms with Gasteiger partial charge in [0.25, 0.3) is 0 Å². The Balaban J connectivity index is 1.83. The molecule has 0 atom stereocenters. The number of hydrogen-bond donors (Lipinski definition) is 2. The highest BCUT2D eigenvalue weighted by Gasteiger charge is 2.19. The maximum Gasteiger partial charge on any atom is 0.341 e. The molecule has 0 aliphatic heterocycles. The first-order valence-corrected chi connectivity index (χ1v) is 9.91. The normalized spacial score (nSPS) is 10.2. The van der Waals surface area contributed by atoms with Crippen molar-refractivity contribution in [3.05, 3.63) is 66.2 Å². The van der Waals surface area contributed by atoms with Crippen LogP contribution in [0.2, 0.25) is 0 Å². The topological polar surface area (TPSA) is 59.6 Å². The maximum atomic E-state index is 12.4. The largest absolute Gasteiger partial charge is 0.497 e. The predicted molar refractivity (Wildman–Crippen MR) is 119 cm³/mol. The fraction of sp³-hybridized carbons (Fsp3) is 0.143. The Bertz CT molecular complexity index is 971. The predicted octanol–water partition coefficient (Wildman–Crippen LogP) is 5.41. The summed E-state index contributed by atoms with van der Waals surface area (Å²) in [7, 11) is 1.61. The van der Waals surface area contributed by atoms with Crippen LogP contribution in [0, 0.1) is 0 Å². The summed E-state index contributed by atoms with van der Waals surface area (Å²) >= 11 is 6.88. The van der Waals surface area contributed by atoms with Crippen LogP contribution in [-0.2, 0) is 4.74 Å². The van der Waals surface area contributed by atoms with Gasteiger partial charge in [-0.15, -0.1) is 11.3 Å². The Hall–Kier alpha value is -2.90. The Labute approximate surface area is 173 Å². The first-order valence-electron chi connectivity index (χ1n) is 8.69. The molecule has 3 rings (SSSR count). The number of carbonyl (C=O) groups is 1. The number of thiophene rings is 1. The van der Waals surface area contributed by atoms with Crippen molar-refractivity contribution in [2.75, 3.05) is 24.4 Å². The smallest absolute Gasteiger partial charge is 0.341 e. The van der Waals surface area contributed by atoms with Gasteiger partial charge in [-0.25, -0.2) is 4.79 Å². The van der Waals surface area contributed by atoms with E-state index in [1.807, 2.05) is 60.7 Å². The minimum absolute atomic E-state index is 0.307. The lowest BCUT2D eigenvalue weighted by atomic mass is 10.1. The molecule has 0 unspecified atom stereocenters. The molecule has 1 heterocycles. The van der Waals surface area contributed by atoms with Crippen molar-refractivity contribution in [1.29, 1.82) is 0 Å². The number of methoxy groups -OCH3 is 1. The third-order valence-electron chi connectivity index (χ3n) is 3.84. The first-order chi connectivity index (χ1) is 13.6. The van der Waals surface area contributed by atoms with Gasteiger partial charge in [0.1, 0.15) is 10.8 Å². The van der Waals surface area contributed by atoms with Crippen LogP contribution in [0.15, 0.2) is 60.7 Å². The van der Waals surface area contributed by atoms with E-state index in [0.29, 0.717) is 22.3 Å². The van der Waals surface area contributed by atoms with E-state index in [4.69, 9.17) is 21.7 Å². The molecule has 0 bridgehead atoms. The molecule has 0 saturated heterocycles. The van der Waals surface area contributed by atoms with E-state index < -0.39 is 0 Å². The van der Waals surface area contributed by atoms with E-state index in [9.17, 15) is 4.79 Å². The Morgan fingerprint density at radius 3 is 2.57 bits per heavy atom. The number of nitrogens with one attached hydrogen (secondary N) is 2. The molecule has 3 aromatic rings. The summed E-state index contributed by atoms with van der Waals surface area (Å²) in [6, 6.07) is 19.1. The zero-order chi connectivity index (χ0) is 19.9. The average molecular weight is 413 g/mol. The highest BCUT2D eigenvalue weighted by atomic mass is 32.1. The van der Waals surface area contributed by atoms with Gasteiger partial charge in [-0.1, -0.05) is 36.4 Å². The molecule has 144 valence electrons. The van der Waals surface area contributed by atoms with Crippen LogP contribution in [0.1, 0.15) is 17.3 Å². The van der Waals surface area contributed by atoms with E-state index in [-0.39, 0.29) is 5.97 Å². The van der Waals surface area contributed by atoms with Gasteiger partial charge in [0.05, 0.1) is 19.3 Å². The van der Waals surface area contributed by atoms with Crippen molar-refractivity contribution >= 4 is 45.3 Å². The van der Waals surface area contributed by atoms with Gasteiger partial charge in [-0.05, 0) is 42.9 Å². The molecule has 0 amide bonds. The van der Waals surface area contributed by atoms with Crippen LogP contribution in [-0.4, -0.2) is 24.8 Å². The van der Waals surface area contributed by atoms with Crippen molar-refractivity contribution in [2.45, 2.75) is 6.92 Å². The first kappa shape index (κ1) is 19.9. The lowest BCUT2D eigenvalue weighted by molar-refractivity contribution is 0.0528. The van der Waals surface area contributed by atoms with Crippen LogP contribution in [0.25, 0.3) is 10.4 Å². The van der Waals surface area contributed by atoms with Gasteiger partial charge >= 0.3 is 5.97 Å². The molecule has 2 aromatic carbocycles. The lowest BCUT2D eigenvalue weighted by Gasteiger charge is -2.11. The number of benzene rings is 2. The van der Waals surface area contributed by atoms with E-state index in [2.05, 4.69) is 10.6 Å². The third-order valence-corrected chi connectivity index (χ3v) is 5.14. The minimum atomic E-state index is -0.382. The standard InChI is InChI=1S/C21H20N2O3S2/c1-3-26-20(24)17-13-18(14-8-5-4-6-9-14)28-19(17)23-21(27)22-15-10-7-11-16(12-15)25-2/h4-13H,3H2,1-2H3,(H2,22,23,27). The number of hydrogen-bond acceptors (Lipinski definition) is 5. The summed E-state index contributed by atoms with van der Waals surface area (Å²) in [6.07, 6.45) is 0. The summed E-state index contributed by atoms with van der Waals surface area (Å²) in [5, 5.41) is 7.24. The Kier molecular flexibility index (Phi) is 6.62. The van der Waals surface area contributed by atoms with Gasteiger partial charge in [-0.3, -0.25) is 0 Å². The maximum absolute atomic E-state index is 12.4. The number of ether oxygens (including phenoxy) is 2. The quantitative estimate of drug-likeness (QED) is 0.417. The number of anilines is 2. The van der Waals surface area contributed by atoms with E-state index in [1.54, 1.807) is 14.0 Å². The molecule has 5 nitrogen and oxygen atoms in total. The zero-order valence-corrected chi connectivity index (χ0v) is 17.2. The fourth-order valence-electron chi connectivity index (χ4n) is 2.56. The molecule has 0 fully saturated rings. The summed E-state index contributed by atoms with van der Waals surface area (Å²) in [6.45, 7) is 2.09. The van der Waals surface area contributed by atoms with Crippen LogP contribution < -0.4 is 15.4 Å². The number of esters is 1. The van der Waals surface area contributed by atoms with Crippen molar-refractivity contribution in [1.82, 2.24) is 0 Å². The molecule has 1 aromatic heterocycles. The zero-order valence-electron chi connectivity index (χ0n) is 15.5. The molecule has 28 heavy (non-hydrogen) atoms. The molecule has 0 saturated carbocycles. The Morgan fingerprint density at radius 2 is 1.86 bits per heavy atom.